The van der Waals surface area contributed by atoms with Gasteiger partial charge in [-0.15, -0.1) is 0 Å². The number of hydrogen-bond donors (Lipinski definition) is 0. The fraction of sp³-hybridized carbons (Fsp3) is 0.176. The summed E-state index contributed by atoms with van der Waals surface area (Å²) in [5.41, 5.74) is 1.79. The van der Waals surface area contributed by atoms with Gasteiger partial charge in [0.2, 0.25) is 0 Å². The van der Waals surface area contributed by atoms with Crippen LogP contribution in [0.4, 0.5) is 0 Å². The molecule has 0 radical (unpaired) electrons. The molecule has 1 heterocycles. The second-order valence-corrected chi connectivity index (χ2v) is 4.90. The van der Waals surface area contributed by atoms with Gasteiger partial charge in [-0.2, -0.15) is 0 Å². The Labute approximate surface area is 117 Å². The van der Waals surface area contributed by atoms with Gasteiger partial charge in [0.1, 0.15) is 0 Å². The second-order valence-electron chi connectivity index (χ2n) is 4.90. The van der Waals surface area contributed by atoms with Gasteiger partial charge >= 0.3 is 11.9 Å². The molecule has 0 saturated carbocycles. The highest BCUT2D eigenvalue weighted by molar-refractivity contribution is 5.95. The third kappa shape index (κ3) is 2.35. The molecule has 0 spiro atoms. The molecule has 1 fully saturated rings. The van der Waals surface area contributed by atoms with Crippen molar-refractivity contribution in [1.29, 1.82) is 0 Å². The number of esters is 2. The first-order valence-corrected chi connectivity index (χ1v) is 6.61. The third-order valence-electron chi connectivity index (χ3n) is 3.65. The Morgan fingerprint density at radius 1 is 0.700 bits per heavy atom. The van der Waals surface area contributed by atoms with Gasteiger partial charge in [-0.1, -0.05) is 60.7 Å². The van der Waals surface area contributed by atoms with E-state index in [0.29, 0.717) is 6.42 Å². The Morgan fingerprint density at radius 3 is 1.50 bits per heavy atom. The molecule has 0 bridgehead atoms. The van der Waals surface area contributed by atoms with Gasteiger partial charge in [0.25, 0.3) is 0 Å². The van der Waals surface area contributed by atoms with Crippen LogP contribution < -0.4 is 0 Å². The summed E-state index contributed by atoms with van der Waals surface area (Å²) in [7, 11) is 0. The maximum Gasteiger partial charge on any atom is 0.321 e. The minimum Gasteiger partial charge on any atom is -0.392 e. The van der Waals surface area contributed by atoms with Gasteiger partial charge in [0.15, 0.2) is 0 Å². The lowest BCUT2D eigenvalue weighted by atomic mass is 9.83. The van der Waals surface area contributed by atoms with Gasteiger partial charge in [-0.05, 0) is 17.5 Å². The summed E-state index contributed by atoms with van der Waals surface area (Å²) in [6.07, 6.45) is 0.464. The molecule has 1 saturated heterocycles. The molecule has 2 unspecified atom stereocenters. The van der Waals surface area contributed by atoms with Gasteiger partial charge in [-0.3, -0.25) is 9.59 Å². The molecule has 3 nitrogen and oxygen atoms in total. The molecule has 0 aromatic heterocycles. The van der Waals surface area contributed by atoms with Crippen LogP contribution in [0, 0.1) is 0 Å². The highest BCUT2D eigenvalue weighted by Crippen LogP contribution is 2.35. The Bertz CT molecular complexity index is 564. The van der Waals surface area contributed by atoms with Crippen LogP contribution in [0.15, 0.2) is 60.7 Å². The SMILES string of the molecule is O=C1OC(=O)C(c2ccccc2)CC1c1ccccc1. The largest absolute Gasteiger partial charge is 0.392 e. The molecule has 2 aromatic carbocycles. The molecule has 2 aromatic rings. The molecule has 1 aliphatic rings. The van der Waals surface area contributed by atoms with Crippen LogP contribution in [0.3, 0.4) is 0 Å². The van der Waals surface area contributed by atoms with Crippen molar-refractivity contribution in [3.8, 4) is 0 Å². The number of hydrogen-bond acceptors (Lipinski definition) is 3. The van der Waals surface area contributed by atoms with Crippen LogP contribution in [0.2, 0.25) is 0 Å². The van der Waals surface area contributed by atoms with E-state index in [4.69, 9.17) is 4.74 Å². The molecule has 100 valence electrons. The van der Waals surface area contributed by atoms with Crippen LogP contribution in [0.1, 0.15) is 29.4 Å². The Balaban J connectivity index is 1.91. The van der Waals surface area contributed by atoms with E-state index in [9.17, 15) is 9.59 Å². The second kappa shape index (κ2) is 5.29. The van der Waals surface area contributed by atoms with Crippen LogP contribution in [0.25, 0.3) is 0 Å². The van der Waals surface area contributed by atoms with Crippen LogP contribution in [0.5, 0.6) is 0 Å². The van der Waals surface area contributed by atoms with Crippen molar-refractivity contribution in [2.75, 3.05) is 0 Å². The van der Waals surface area contributed by atoms with E-state index in [0.717, 1.165) is 11.1 Å². The van der Waals surface area contributed by atoms with E-state index in [-0.39, 0.29) is 11.8 Å². The van der Waals surface area contributed by atoms with E-state index in [1.165, 1.54) is 0 Å². The van der Waals surface area contributed by atoms with Gasteiger partial charge in [0.05, 0.1) is 11.8 Å². The molecule has 0 N–H and O–H groups in total. The number of ether oxygens (including phenoxy) is 1. The van der Waals surface area contributed by atoms with E-state index < -0.39 is 11.9 Å². The number of carbonyl (C=O) groups excluding carboxylic acids is 2. The summed E-state index contributed by atoms with van der Waals surface area (Å²) in [5, 5.41) is 0. The summed E-state index contributed by atoms with van der Waals surface area (Å²) in [6.45, 7) is 0. The van der Waals surface area contributed by atoms with Crippen molar-refractivity contribution < 1.29 is 14.3 Å². The molecule has 0 amide bonds. The van der Waals surface area contributed by atoms with Crippen molar-refractivity contribution >= 4 is 11.9 Å². The summed E-state index contributed by atoms with van der Waals surface area (Å²) >= 11 is 0. The summed E-state index contributed by atoms with van der Waals surface area (Å²) in [6, 6.07) is 18.9. The highest BCUT2D eigenvalue weighted by Gasteiger charge is 2.38. The van der Waals surface area contributed by atoms with E-state index in [2.05, 4.69) is 0 Å². The van der Waals surface area contributed by atoms with Gasteiger partial charge < -0.3 is 4.74 Å². The Morgan fingerprint density at radius 2 is 1.10 bits per heavy atom. The standard InChI is InChI=1S/C17H14O3/c18-16-14(12-7-3-1-4-8-12)11-15(17(19)20-16)13-9-5-2-6-10-13/h1-10,14-15H,11H2. The van der Waals surface area contributed by atoms with Crippen LogP contribution in [-0.4, -0.2) is 11.9 Å². The topological polar surface area (TPSA) is 43.4 Å². The summed E-state index contributed by atoms with van der Waals surface area (Å²) in [4.78, 5) is 23.9. The third-order valence-corrected chi connectivity index (χ3v) is 3.65. The quantitative estimate of drug-likeness (QED) is 0.620. The zero-order valence-corrected chi connectivity index (χ0v) is 10.9. The van der Waals surface area contributed by atoms with E-state index in [1.807, 2.05) is 60.7 Å². The highest BCUT2D eigenvalue weighted by atomic mass is 16.6. The van der Waals surface area contributed by atoms with Crippen molar-refractivity contribution in [2.24, 2.45) is 0 Å². The predicted octanol–water partition coefficient (Wildman–Crippen LogP) is 3.03. The maximum absolute atomic E-state index is 11.9. The minimum absolute atomic E-state index is 0.376. The molecule has 1 aliphatic heterocycles. The number of carbonyl (C=O) groups is 2. The zero-order valence-electron chi connectivity index (χ0n) is 10.9. The lowest BCUT2D eigenvalue weighted by Gasteiger charge is -2.26. The number of cyclic esters (lactones) is 2. The molecule has 3 rings (SSSR count). The predicted molar refractivity (Wildman–Crippen MR) is 74.1 cm³/mol. The lowest BCUT2D eigenvalue weighted by Crippen LogP contribution is -2.32. The molecule has 2 atom stereocenters. The van der Waals surface area contributed by atoms with Crippen molar-refractivity contribution in [2.45, 2.75) is 18.3 Å². The zero-order chi connectivity index (χ0) is 13.9. The Hall–Kier alpha value is -2.42. The molecule has 3 heteroatoms. The lowest BCUT2D eigenvalue weighted by molar-refractivity contribution is -0.166. The van der Waals surface area contributed by atoms with Crippen LogP contribution >= 0.6 is 0 Å². The fourth-order valence-corrected chi connectivity index (χ4v) is 2.58. The van der Waals surface area contributed by atoms with Crippen molar-refractivity contribution in [1.82, 2.24) is 0 Å². The van der Waals surface area contributed by atoms with E-state index in [1.54, 1.807) is 0 Å². The summed E-state index contributed by atoms with van der Waals surface area (Å²) < 4.78 is 4.94. The van der Waals surface area contributed by atoms with Gasteiger partial charge in [0, 0.05) is 0 Å². The number of benzene rings is 2. The van der Waals surface area contributed by atoms with Crippen molar-refractivity contribution in [3.63, 3.8) is 0 Å². The first kappa shape index (κ1) is 12.6. The monoisotopic (exact) mass is 266 g/mol. The van der Waals surface area contributed by atoms with Crippen molar-refractivity contribution in [3.05, 3.63) is 71.8 Å². The molecule has 20 heavy (non-hydrogen) atoms. The first-order chi connectivity index (χ1) is 9.75. The normalized spacial score (nSPS) is 22.4. The average Bonchev–Trinajstić information content (AvgIpc) is 2.49. The molecular weight excluding hydrogens is 252 g/mol. The van der Waals surface area contributed by atoms with E-state index >= 15 is 0 Å². The molecule has 0 aliphatic carbocycles. The average molecular weight is 266 g/mol. The Kier molecular flexibility index (Phi) is 3.33. The smallest absolute Gasteiger partial charge is 0.321 e. The summed E-state index contributed by atoms with van der Waals surface area (Å²) in [5.74, 6) is -1.65. The minimum atomic E-state index is -0.451. The fourth-order valence-electron chi connectivity index (χ4n) is 2.58. The molecular formula is C17H14O3. The van der Waals surface area contributed by atoms with Crippen LogP contribution in [-0.2, 0) is 14.3 Å². The first-order valence-electron chi connectivity index (χ1n) is 6.61. The maximum atomic E-state index is 11.9. The number of rotatable bonds is 2. The van der Waals surface area contributed by atoms with Gasteiger partial charge in [-0.25, -0.2) is 0 Å².